The first-order valence-electron chi connectivity index (χ1n) is 9.45. The molecule has 8 nitrogen and oxygen atoms in total. The first-order chi connectivity index (χ1) is 15.0. The second-order valence-electron chi connectivity index (χ2n) is 6.81. The van der Waals surface area contributed by atoms with Gasteiger partial charge in [0, 0.05) is 25.1 Å². The molecule has 3 aromatic heterocycles. The lowest BCUT2D eigenvalue weighted by Gasteiger charge is -2.15. The van der Waals surface area contributed by atoms with Crippen LogP contribution in [0.3, 0.4) is 0 Å². The number of hydrogen-bond donors (Lipinski definition) is 3. The highest BCUT2D eigenvalue weighted by Crippen LogP contribution is 2.27. The highest BCUT2D eigenvalue weighted by Gasteiger charge is 2.17. The number of carbonyl (C=O) groups is 2. The molecule has 3 heterocycles. The standard InChI is InChI=1S/C22H19FN6O2/c1-13-5-3-4-6-16(13)27-20-17(9-14(10-26-20)21(30)24-2)28-22(31)18-11-25-19-8-7-15(23)12-29(18)19/h3-12H,1-2H3,(H,24,30)(H,26,27)(H,28,31). The van der Waals surface area contributed by atoms with Crippen LogP contribution in [0.2, 0.25) is 0 Å². The van der Waals surface area contributed by atoms with Gasteiger partial charge in [0.2, 0.25) is 0 Å². The summed E-state index contributed by atoms with van der Waals surface area (Å²) in [5.74, 6) is -1.01. The van der Waals surface area contributed by atoms with Gasteiger partial charge in [-0.3, -0.25) is 14.0 Å². The molecule has 0 atom stereocenters. The fourth-order valence-electron chi connectivity index (χ4n) is 3.08. The summed E-state index contributed by atoms with van der Waals surface area (Å²) in [4.78, 5) is 33.5. The molecule has 0 aliphatic heterocycles. The topological polar surface area (TPSA) is 100 Å². The van der Waals surface area contributed by atoms with Gasteiger partial charge in [0.1, 0.15) is 17.2 Å². The normalized spacial score (nSPS) is 10.7. The predicted octanol–water partition coefficient (Wildman–Crippen LogP) is 3.53. The summed E-state index contributed by atoms with van der Waals surface area (Å²) in [6.07, 6.45) is 3.95. The Kier molecular flexibility index (Phi) is 5.31. The largest absolute Gasteiger partial charge is 0.355 e. The fraction of sp³-hybridized carbons (Fsp3) is 0.0909. The minimum atomic E-state index is -0.526. The van der Waals surface area contributed by atoms with Crippen molar-refractivity contribution in [3.63, 3.8) is 0 Å². The molecule has 0 spiro atoms. The average Bonchev–Trinajstić information content (AvgIpc) is 3.19. The number of para-hydroxylation sites is 1. The van der Waals surface area contributed by atoms with Crippen LogP contribution in [0.25, 0.3) is 5.65 Å². The third-order valence-electron chi connectivity index (χ3n) is 4.73. The fourth-order valence-corrected chi connectivity index (χ4v) is 3.08. The number of aryl methyl sites for hydroxylation is 1. The van der Waals surface area contributed by atoms with Crippen LogP contribution in [0.5, 0.6) is 0 Å². The molecule has 31 heavy (non-hydrogen) atoms. The summed E-state index contributed by atoms with van der Waals surface area (Å²) in [6.45, 7) is 1.94. The van der Waals surface area contributed by atoms with E-state index in [0.717, 1.165) is 11.3 Å². The summed E-state index contributed by atoms with van der Waals surface area (Å²) >= 11 is 0. The molecule has 0 aliphatic carbocycles. The lowest BCUT2D eigenvalue weighted by molar-refractivity contribution is 0.0961. The number of imidazole rings is 1. The molecule has 4 rings (SSSR count). The van der Waals surface area contributed by atoms with E-state index in [1.165, 1.54) is 48.2 Å². The van der Waals surface area contributed by atoms with Crippen molar-refractivity contribution in [2.75, 3.05) is 17.7 Å². The maximum atomic E-state index is 13.7. The monoisotopic (exact) mass is 418 g/mol. The SMILES string of the molecule is CNC(=O)c1cnc(Nc2ccccc2C)c(NC(=O)c2cnc3ccc(F)cn23)c1. The van der Waals surface area contributed by atoms with Crippen molar-refractivity contribution in [3.8, 4) is 0 Å². The highest BCUT2D eigenvalue weighted by molar-refractivity contribution is 6.06. The van der Waals surface area contributed by atoms with Gasteiger partial charge in [0.15, 0.2) is 5.82 Å². The number of pyridine rings is 2. The Balaban J connectivity index is 1.72. The first-order valence-corrected chi connectivity index (χ1v) is 9.45. The summed E-state index contributed by atoms with van der Waals surface area (Å²) in [5.41, 5.74) is 2.92. The maximum absolute atomic E-state index is 13.7. The van der Waals surface area contributed by atoms with Gasteiger partial charge in [-0.2, -0.15) is 0 Å². The molecular weight excluding hydrogens is 399 g/mol. The van der Waals surface area contributed by atoms with E-state index in [9.17, 15) is 14.0 Å². The summed E-state index contributed by atoms with van der Waals surface area (Å²) in [7, 11) is 1.51. The minimum absolute atomic E-state index is 0.140. The molecular formula is C22H19FN6O2. The molecule has 156 valence electrons. The van der Waals surface area contributed by atoms with E-state index in [1.807, 2.05) is 31.2 Å². The summed E-state index contributed by atoms with van der Waals surface area (Å²) < 4.78 is 15.0. The van der Waals surface area contributed by atoms with E-state index >= 15 is 0 Å². The van der Waals surface area contributed by atoms with Crippen LogP contribution in [0, 0.1) is 12.7 Å². The average molecular weight is 418 g/mol. The van der Waals surface area contributed by atoms with Gasteiger partial charge in [0.25, 0.3) is 11.8 Å². The lowest BCUT2D eigenvalue weighted by Crippen LogP contribution is -2.20. The van der Waals surface area contributed by atoms with E-state index in [-0.39, 0.29) is 17.2 Å². The van der Waals surface area contributed by atoms with Crippen molar-refractivity contribution in [3.05, 3.63) is 83.7 Å². The zero-order valence-electron chi connectivity index (χ0n) is 16.8. The van der Waals surface area contributed by atoms with Gasteiger partial charge in [-0.25, -0.2) is 14.4 Å². The van der Waals surface area contributed by atoms with Gasteiger partial charge >= 0.3 is 0 Å². The Morgan fingerprint density at radius 1 is 1.00 bits per heavy atom. The molecule has 0 aliphatic rings. The number of benzene rings is 1. The molecule has 0 saturated carbocycles. The van der Waals surface area contributed by atoms with E-state index in [0.29, 0.717) is 17.2 Å². The highest BCUT2D eigenvalue weighted by atomic mass is 19.1. The van der Waals surface area contributed by atoms with Crippen molar-refractivity contribution in [1.29, 1.82) is 0 Å². The third kappa shape index (κ3) is 4.06. The van der Waals surface area contributed by atoms with Crippen LogP contribution >= 0.6 is 0 Å². The predicted molar refractivity (Wildman–Crippen MR) is 115 cm³/mol. The number of carbonyl (C=O) groups excluding carboxylic acids is 2. The second kappa shape index (κ2) is 8.23. The Morgan fingerprint density at radius 2 is 1.81 bits per heavy atom. The van der Waals surface area contributed by atoms with Crippen LogP contribution in [-0.4, -0.2) is 33.2 Å². The van der Waals surface area contributed by atoms with Gasteiger partial charge < -0.3 is 16.0 Å². The van der Waals surface area contributed by atoms with Gasteiger partial charge in [-0.1, -0.05) is 18.2 Å². The zero-order valence-corrected chi connectivity index (χ0v) is 16.8. The van der Waals surface area contributed by atoms with Crippen LogP contribution < -0.4 is 16.0 Å². The van der Waals surface area contributed by atoms with Crippen LogP contribution in [0.4, 0.5) is 21.6 Å². The van der Waals surface area contributed by atoms with Crippen LogP contribution in [-0.2, 0) is 0 Å². The number of anilines is 3. The van der Waals surface area contributed by atoms with Crippen LogP contribution in [0.1, 0.15) is 26.4 Å². The Labute approximate surface area is 177 Å². The number of amides is 2. The van der Waals surface area contributed by atoms with Crippen molar-refractivity contribution in [1.82, 2.24) is 19.7 Å². The van der Waals surface area contributed by atoms with Gasteiger partial charge in [0.05, 0.1) is 17.4 Å². The molecule has 0 fully saturated rings. The molecule has 2 amide bonds. The number of nitrogens with one attached hydrogen (secondary N) is 3. The first kappa shape index (κ1) is 20.0. The van der Waals surface area contributed by atoms with Crippen molar-refractivity contribution >= 4 is 34.7 Å². The third-order valence-corrected chi connectivity index (χ3v) is 4.73. The molecule has 0 bridgehead atoms. The number of fused-ring (bicyclic) bond motifs is 1. The van der Waals surface area contributed by atoms with Crippen LogP contribution in [0.15, 0.2) is 61.1 Å². The summed E-state index contributed by atoms with van der Waals surface area (Å²) in [6, 6.07) is 11.9. The second-order valence-corrected chi connectivity index (χ2v) is 6.81. The Bertz CT molecular complexity index is 1300. The molecule has 3 N–H and O–H groups in total. The molecule has 0 unspecified atom stereocenters. The lowest BCUT2D eigenvalue weighted by atomic mass is 10.2. The van der Waals surface area contributed by atoms with E-state index < -0.39 is 11.7 Å². The minimum Gasteiger partial charge on any atom is -0.355 e. The number of aromatic nitrogens is 3. The van der Waals surface area contributed by atoms with Crippen molar-refractivity contribution in [2.24, 2.45) is 0 Å². The van der Waals surface area contributed by atoms with E-state index in [4.69, 9.17) is 0 Å². The van der Waals surface area contributed by atoms with Crippen molar-refractivity contribution in [2.45, 2.75) is 6.92 Å². The number of nitrogens with zero attached hydrogens (tertiary/aromatic N) is 3. The molecule has 4 aromatic rings. The maximum Gasteiger partial charge on any atom is 0.274 e. The number of halogens is 1. The Morgan fingerprint density at radius 3 is 2.58 bits per heavy atom. The van der Waals surface area contributed by atoms with E-state index in [1.54, 1.807) is 0 Å². The quantitative estimate of drug-likeness (QED) is 0.460. The number of hydrogen-bond acceptors (Lipinski definition) is 5. The molecule has 1 aromatic carbocycles. The zero-order chi connectivity index (χ0) is 22.0. The smallest absolute Gasteiger partial charge is 0.274 e. The molecule has 9 heteroatoms. The van der Waals surface area contributed by atoms with Gasteiger partial charge in [-0.15, -0.1) is 0 Å². The Hall–Kier alpha value is -4.27. The van der Waals surface area contributed by atoms with Gasteiger partial charge in [-0.05, 0) is 36.8 Å². The molecule has 0 radical (unpaired) electrons. The number of rotatable bonds is 5. The van der Waals surface area contributed by atoms with Crippen molar-refractivity contribution < 1.29 is 14.0 Å². The van der Waals surface area contributed by atoms with E-state index in [2.05, 4.69) is 25.9 Å². The molecule has 0 saturated heterocycles. The summed E-state index contributed by atoms with van der Waals surface area (Å²) in [5, 5.41) is 8.47.